The molecule has 4 nitrogen and oxygen atoms in total. The summed E-state index contributed by atoms with van der Waals surface area (Å²) in [7, 11) is 2.06. The number of rotatable bonds is 3. The fourth-order valence-electron chi connectivity index (χ4n) is 2.33. The number of nitrogens with zero attached hydrogens (tertiary/aromatic N) is 3. The van der Waals surface area contributed by atoms with Crippen LogP contribution in [0, 0.1) is 0 Å². The van der Waals surface area contributed by atoms with Gasteiger partial charge in [-0.25, -0.2) is 9.97 Å². The molecule has 1 fully saturated rings. The highest BCUT2D eigenvalue weighted by atomic mass is 15.1. The zero-order valence-corrected chi connectivity index (χ0v) is 10.3. The monoisotopic (exact) mass is 230 g/mol. The summed E-state index contributed by atoms with van der Waals surface area (Å²) in [6, 6.07) is 2.29. The average Bonchev–Trinajstić information content (AvgIpc) is 3.04. The van der Waals surface area contributed by atoms with Gasteiger partial charge in [-0.15, -0.1) is 0 Å². The Hall–Kier alpha value is -1.42. The second-order valence-corrected chi connectivity index (χ2v) is 5.17. The summed E-state index contributed by atoms with van der Waals surface area (Å²) in [5.41, 5.74) is 8.98. The molecular weight excluding hydrogens is 212 g/mol. The number of imidazole rings is 1. The lowest BCUT2D eigenvalue weighted by Crippen LogP contribution is -2.17. The van der Waals surface area contributed by atoms with Gasteiger partial charge in [0, 0.05) is 25.2 Å². The van der Waals surface area contributed by atoms with Gasteiger partial charge >= 0.3 is 0 Å². The van der Waals surface area contributed by atoms with Crippen LogP contribution in [0.15, 0.2) is 12.3 Å². The van der Waals surface area contributed by atoms with E-state index in [1.165, 1.54) is 24.2 Å². The van der Waals surface area contributed by atoms with Crippen LogP contribution in [0.5, 0.6) is 0 Å². The molecule has 1 atom stereocenters. The van der Waals surface area contributed by atoms with Crippen molar-refractivity contribution in [1.82, 2.24) is 14.5 Å². The van der Waals surface area contributed by atoms with Gasteiger partial charge in [-0.3, -0.25) is 0 Å². The molecule has 1 saturated carbocycles. The van der Waals surface area contributed by atoms with Gasteiger partial charge in [-0.1, -0.05) is 0 Å². The third-order valence-corrected chi connectivity index (χ3v) is 3.30. The smallest absolute Gasteiger partial charge is 0.159 e. The molecule has 0 radical (unpaired) electrons. The van der Waals surface area contributed by atoms with Crippen molar-refractivity contribution in [2.45, 2.75) is 38.1 Å². The van der Waals surface area contributed by atoms with E-state index in [1.807, 2.05) is 13.1 Å². The van der Waals surface area contributed by atoms with Crippen LogP contribution < -0.4 is 5.73 Å². The van der Waals surface area contributed by atoms with E-state index < -0.39 is 0 Å². The molecule has 0 aromatic carbocycles. The van der Waals surface area contributed by atoms with Gasteiger partial charge in [0.25, 0.3) is 0 Å². The molecule has 0 aliphatic heterocycles. The van der Waals surface area contributed by atoms with Crippen LogP contribution in [0.25, 0.3) is 11.2 Å². The third kappa shape index (κ3) is 1.93. The Morgan fingerprint density at radius 3 is 2.94 bits per heavy atom. The molecule has 3 rings (SSSR count). The Morgan fingerprint density at radius 1 is 1.53 bits per heavy atom. The molecule has 2 aromatic heterocycles. The molecule has 0 spiro atoms. The summed E-state index contributed by atoms with van der Waals surface area (Å²) in [4.78, 5) is 9.21. The van der Waals surface area contributed by atoms with E-state index in [9.17, 15) is 0 Å². The molecule has 90 valence electrons. The molecule has 17 heavy (non-hydrogen) atoms. The zero-order chi connectivity index (χ0) is 12.0. The van der Waals surface area contributed by atoms with Crippen LogP contribution in [0.3, 0.4) is 0 Å². The van der Waals surface area contributed by atoms with Gasteiger partial charge in [0.05, 0.1) is 0 Å². The standard InChI is InChI=1S/C13H18N4/c1-8(14)5-9-6-11-13(15-7-9)17(2)12(16-11)10-3-4-10/h6-8,10H,3-5,14H2,1-2H3. The van der Waals surface area contributed by atoms with Crippen molar-refractivity contribution in [3.05, 3.63) is 23.7 Å². The number of pyridine rings is 1. The molecule has 1 aliphatic carbocycles. The normalized spacial score (nSPS) is 17.6. The SMILES string of the molecule is CC(N)Cc1cnc2c(c1)nc(C1CC1)n2C. The van der Waals surface area contributed by atoms with E-state index in [4.69, 9.17) is 10.7 Å². The second kappa shape index (κ2) is 3.81. The summed E-state index contributed by atoms with van der Waals surface area (Å²) < 4.78 is 2.13. The summed E-state index contributed by atoms with van der Waals surface area (Å²) in [6.45, 7) is 2.01. The first kappa shape index (κ1) is 10.7. The largest absolute Gasteiger partial charge is 0.328 e. The maximum absolute atomic E-state index is 5.81. The Kier molecular flexibility index (Phi) is 2.40. The van der Waals surface area contributed by atoms with Crippen LogP contribution in [0.1, 0.15) is 37.1 Å². The predicted molar refractivity (Wildman–Crippen MR) is 67.8 cm³/mol. The summed E-state index contributed by atoms with van der Waals surface area (Å²) >= 11 is 0. The van der Waals surface area contributed by atoms with Gasteiger partial charge in [0.1, 0.15) is 11.3 Å². The third-order valence-electron chi connectivity index (χ3n) is 3.30. The first-order valence-corrected chi connectivity index (χ1v) is 6.22. The minimum Gasteiger partial charge on any atom is -0.328 e. The Morgan fingerprint density at radius 2 is 2.29 bits per heavy atom. The van der Waals surface area contributed by atoms with Crippen molar-refractivity contribution in [3.63, 3.8) is 0 Å². The molecule has 1 unspecified atom stereocenters. The number of fused-ring (bicyclic) bond motifs is 1. The first-order valence-electron chi connectivity index (χ1n) is 6.22. The molecule has 0 amide bonds. The lowest BCUT2D eigenvalue weighted by molar-refractivity contribution is 0.736. The van der Waals surface area contributed by atoms with E-state index >= 15 is 0 Å². The number of hydrogen-bond donors (Lipinski definition) is 1. The molecule has 2 N–H and O–H groups in total. The Balaban J connectivity index is 2.04. The minimum absolute atomic E-state index is 0.167. The predicted octanol–water partition coefficient (Wildman–Crippen LogP) is 1.74. The molecule has 1 aliphatic rings. The highest BCUT2D eigenvalue weighted by molar-refractivity contribution is 5.72. The Bertz CT molecular complexity index is 552. The number of nitrogens with two attached hydrogens (primary N) is 1. The van der Waals surface area contributed by atoms with Crippen molar-refractivity contribution < 1.29 is 0 Å². The lowest BCUT2D eigenvalue weighted by Gasteiger charge is -2.04. The van der Waals surface area contributed by atoms with Crippen LogP contribution in [0.2, 0.25) is 0 Å². The number of aromatic nitrogens is 3. The van der Waals surface area contributed by atoms with E-state index in [-0.39, 0.29) is 6.04 Å². The molecule has 0 bridgehead atoms. The van der Waals surface area contributed by atoms with Gasteiger partial charge in [-0.2, -0.15) is 0 Å². The molecule has 4 heteroatoms. The van der Waals surface area contributed by atoms with Crippen molar-refractivity contribution in [3.8, 4) is 0 Å². The first-order chi connectivity index (χ1) is 8.15. The van der Waals surface area contributed by atoms with Crippen molar-refractivity contribution in [2.24, 2.45) is 12.8 Å². The number of hydrogen-bond acceptors (Lipinski definition) is 3. The fraction of sp³-hybridized carbons (Fsp3) is 0.538. The van der Waals surface area contributed by atoms with Crippen LogP contribution in [-0.4, -0.2) is 20.6 Å². The summed E-state index contributed by atoms with van der Waals surface area (Å²) in [6.07, 6.45) is 5.32. The fourth-order valence-corrected chi connectivity index (χ4v) is 2.33. The summed E-state index contributed by atoms with van der Waals surface area (Å²) in [5.74, 6) is 1.84. The van der Waals surface area contributed by atoms with Crippen LogP contribution >= 0.6 is 0 Å². The van der Waals surface area contributed by atoms with E-state index in [1.54, 1.807) is 0 Å². The van der Waals surface area contributed by atoms with Gasteiger partial charge < -0.3 is 10.3 Å². The van der Waals surface area contributed by atoms with Crippen molar-refractivity contribution in [1.29, 1.82) is 0 Å². The maximum atomic E-state index is 5.81. The second-order valence-electron chi connectivity index (χ2n) is 5.17. The van der Waals surface area contributed by atoms with E-state index in [0.29, 0.717) is 5.92 Å². The molecular formula is C13H18N4. The average molecular weight is 230 g/mol. The summed E-state index contributed by atoms with van der Waals surface area (Å²) in [5, 5.41) is 0. The maximum Gasteiger partial charge on any atom is 0.159 e. The Labute approximate surface area is 101 Å². The molecule has 2 aromatic rings. The minimum atomic E-state index is 0.167. The van der Waals surface area contributed by atoms with Crippen LogP contribution in [-0.2, 0) is 13.5 Å². The zero-order valence-electron chi connectivity index (χ0n) is 10.3. The van der Waals surface area contributed by atoms with E-state index in [2.05, 4.69) is 22.7 Å². The van der Waals surface area contributed by atoms with Gasteiger partial charge in [-0.05, 0) is 37.8 Å². The lowest BCUT2D eigenvalue weighted by atomic mass is 10.1. The topological polar surface area (TPSA) is 56.7 Å². The quantitative estimate of drug-likeness (QED) is 0.873. The van der Waals surface area contributed by atoms with Gasteiger partial charge in [0.2, 0.25) is 0 Å². The van der Waals surface area contributed by atoms with Crippen molar-refractivity contribution in [2.75, 3.05) is 0 Å². The van der Waals surface area contributed by atoms with Crippen molar-refractivity contribution >= 4 is 11.2 Å². The van der Waals surface area contributed by atoms with E-state index in [0.717, 1.165) is 17.6 Å². The highest BCUT2D eigenvalue weighted by Gasteiger charge is 2.28. The van der Waals surface area contributed by atoms with Crippen LogP contribution in [0.4, 0.5) is 0 Å². The highest BCUT2D eigenvalue weighted by Crippen LogP contribution is 2.40. The number of aryl methyl sites for hydroxylation is 1. The van der Waals surface area contributed by atoms with Gasteiger partial charge in [0.15, 0.2) is 5.65 Å². The molecule has 2 heterocycles. The molecule has 0 saturated heterocycles.